The zero-order chi connectivity index (χ0) is 37.9. The predicted molar refractivity (Wildman–Crippen MR) is 241 cm³/mol. The molecule has 0 saturated heterocycles. The molecule has 0 aliphatic heterocycles. The minimum absolute atomic E-state index is 0.881. The Morgan fingerprint density at radius 1 is 0.276 bits per heavy atom. The molecular weight excluding hydrogens is 709 g/mol. The van der Waals surface area contributed by atoms with Crippen molar-refractivity contribution >= 4 is 87.5 Å². The summed E-state index contributed by atoms with van der Waals surface area (Å²) >= 11 is 0. The van der Waals surface area contributed by atoms with Gasteiger partial charge in [-0.25, -0.2) is 0 Å². The molecule has 0 aliphatic carbocycles. The highest BCUT2D eigenvalue weighted by Gasteiger charge is 2.21. The van der Waals surface area contributed by atoms with Crippen LogP contribution in [0.1, 0.15) is 0 Å². The summed E-state index contributed by atoms with van der Waals surface area (Å²) in [5.74, 6) is 0. The lowest BCUT2D eigenvalue weighted by Crippen LogP contribution is -1.97. The molecule has 4 aromatic heterocycles. The molecule has 0 amide bonds. The first-order chi connectivity index (χ1) is 28.7. The van der Waals surface area contributed by atoms with E-state index in [2.05, 4.69) is 197 Å². The molecule has 0 N–H and O–H groups in total. The van der Waals surface area contributed by atoms with Crippen molar-refractivity contribution in [1.29, 1.82) is 0 Å². The third-order valence-electron chi connectivity index (χ3n) is 12.1. The van der Waals surface area contributed by atoms with Gasteiger partial charge in [0, 0.05) is 66.5 Å². The Kier molecular flexibility index (Phi) is 6.41. The van der Waals surface area contributed by atoms with Crippen LogP contribution in [0.5, 0.6) is 0 Å². The molecule has 58 heavy (non-hydrogen) atoms. The van der Waals surface area contributed by atoms with E-state index >= 15 is 0 Å². The molecule has 0 saturated carbocycles. The average Bonchev–Trinajstić information content (AvgIpc) is 4.02. The van der Waals surface area contributed by atoms with Gasteiger partial charge in [0.15, 0.2) is 0 Å². The summed E-state index contributed by atoms with van der Waals surface area (Å²) in [6.45, 7) is 0. The molecule has 4 heteroatoms. The first-order valence-electron chi connectivity index (χ1n) is 19.7. The van der Waals surface area contributed by atoms with Crippen molar-refractivity contribution < 1.29 is 8.83 Å². The minimum Gasteiger partial charge on any atom is -0.456 e. The van der Waals surface area contributed by atoms with E-state index in [1.807, 2.05) is 6.07 Å². The van der Waals surface area contributed by atoms with Gasteiger partial charge in [0.2, 0.25) is 0 Å². The Bertz CT molecular complexity index is 3790. The summed E-state index contributed by atoms with van der Waals surface area (Å²) < 4.78 is 17.8. The van der Waals surface area contributed by atoms with Crippen LogP contribution in [0.2, 0.25) is 0 Å². The van der Waals surface area contributed by atoms with Crippen LogP contribution >= 0.6 is 0 Å². The molecular formula is C54H32N2O2. The fourth-order valence-electron chi connectivity index (χ4n) is 9.48. The summed E-state index contributed by atoms with van der Waals surface area (Å²) in [7, 11) is 0. The monoisotopic (exact) mass is 740 g/mol. The van der Waals surface area contributed by atoms with Gasteiger partial charge in [-0.3, -0.25) is 0 Å². The van der Waals surface area contributed by atoms with E-state index in [1.165, 1.54) is 38.2 Å². The van der Waals surface area contributed by atoms with E-state index in [-0.39, 0.29) is 0 Å². The van der Waals surface area contributed by atoms with E-state index in [0.717, 1.165) is 82.9 Å². The number of furan rings is 2. The molecule has 270 valence electrons. The third kappa shape index (κ3) is 4.45. The number of para-hydroxylation sites is 4. The molecule has 9 aromatic carbocycles. The van der Waals surface area contributed by atoms with Crippen LogP contribution in [0.3, 0.4) is 0 Å². The number of benzene rings is 9. The number of rotatable bonds is 4. The lowest BCUT2D eigenvalue weighted by atomic mass is 10.00. The van der Waals surface area contributed by atoms with E-state index < -0.39 is 0 Å². The summed E-state index contributed by atoms with van der Waals surface area (Å²) in [5, 5.41) is 9.28. The quantitative estimate of drug-likeness (QED) is 0.180. The summed E-state index contributed by atoms with van der Waals surface area (Å²) in [6.07, 6.45) is 0. The van der Waals surface area contributed by atoms with Crippen LogP contribution in [-0.2, 0) is 0 Å². The van der Waals surface area contributed by atoms with Crippen molar-refractivity contribution in [1.82, 2.24) is 9.13 Å². The van der Waals surface area contributed by atoms with Crippen molar-refractivity contribution in [2.24, 2.45) is 0 Å². The second kappa shape index (κ2) is 11.8. The fraction of sp³-hybridized carbons (Fsp3) is 0. The Morgan fingerprint density at radius 2 is 0.810 bits per heavy atom. The maximum absolute atomic E-state index is 6.61. The van der Waals surface area contributed by atoms with Gasteiger partial charge in [0.05, 0.1) is 27.8 Å². The summed E-state index contributed by atoms with van der Waals surface area (Å²) in [4.78, 5) is 0. The van der Waals surface area contributed by atoms with Crippen molar-refractivity contribution in [3.63, 3.8) is 0 Å². The molecule has 4 nitrogen and oxygen atoms in total. The normalized spacial score (nSPS) is 12.1. The van der Waals surface area contributed by atoms with Crippen LogP contribution in [0, 0.1) is 0 Å². The number of hydrogen-bond donors (Lipinski definition) is 0. The molecule has 0 spiro atoms. The SMILES string of the molecule is c1ccc(-c2ccccc2-n2c3ccc(-c4ccc5oc6cc7c(cc6c5c4)c4ccccc4n7-c4ccccc4)cc3c3cc4c(cc32)oc2ccccc24)cc1. The van der Waals surface area contributed by atoms with Gasteiger partial charge >= 0.3 is 0 Å². The molecule has 0 radical (unpaired) electrons. The van der Waals surface area contributed by atoms with Gasteiger partial charge in [-0.05, 0) is 83.4 Å². The van der Waals surface area contributed by atoms with Gasteiger partial charge in [-0.2, -0.15) is 0 Å². The fourth-order valence-corrected chi connectivity index (χ4v) is 9.48. The molecule has 0 atom stereocenters. The Hall–Kier alpha value is -7.82. The van der Waals surface area contributed by atoms with E-state index in [9.17, 15) is 0 Å². The van der Waals surface area contributed by atoms with Crippen LogP contribution in [0.15, 0.2) is 203 Å². The highest BCUT2D eigenvalue weighted by Crippen LogP contribution is 2.43. The number of aromatic nitrogens is 2. The molecule has 0 unspecified atom stereocenters. The maximum atomic E-state index is 6.61. The van der Waals surface area contributed by atoms with Crippen molar-refractivity contribution in [3.05, 3.63) is 194 Å². The zero-order valence-electron chi connectivity index (χ0n) is 31.2. The average molecular weight is 741 g/mol. The number of nitrogens with zero attached hydrogens (tertiary/aromatic N) is 2. The number of fused-ring (bicyclic) bond motifs is 12. The van der Waals surface area contributed by atoms with Crippen LogP contribution in [0.25, 0.3) is 121 Å². The predicted octanol–water partition coefficient (Wildman–Crippen LogP) is 15.0. The van der Waals surface area contributed by atoms with Gasteiger partial charge < -0.3 is 18.0 Å². The molecule has 0 bridgehead atoms. The molecule has 0 fully saturated rings. The lowest BCUT2D eigenvalue weighted by Gasteiger charge is -2.14. The maximum Gasteiger partial charge on any atom is 0.137 e. The second-order valence-electron chi connectivity index (χ2n) is 15.3. The van der Waals surface area contributed by atoms with Gasteiger partial charge in [0.1, 0.15) is 22.3 Å². The highest BCUT2D eigenvalue weighted by molar-refractivity contribution is 6.20. The van der Waals surface area contributed by atoms with Gasteiger partial charge in [0.25, 0.3) is 0 Å². The number of hydrogen-bond acceptors (Lipinski definition) is 2. The molecule has 13 rings (SSSR count). The van der Waals surface area contributed by atoms with Gasteiger partial charge in [-0.15, -0.1) is 0 Å². The standard InChI is InChI=1S/C54H32N2O2/c1-3-13-33(14-4-1)37-17-7-10-20-46(37)56-48-25-23-34(27-40(48)42-30-44-39-19-9-12-22-51(39)57-53(44)32-50(42)56)35-24-26-52-43(28-35)45-29-41-38-18-8-11-21-47(38)55(36-15-5-2-6-16-36)49(41)31-54(45)58-52/h1-32H. The minimum atomic E-state index is 0.881. The smallest absolute Gasteiger partial charge is 0.137 e. The highest BCUT2D eigenvalue weighted by atomic mass is 16.3. The van der Waals surface area contributed by atoms with Crippen LogP contribution in [-0.4, -0.2) is 9.13 Å². The lowest BCUT2D eigenvalue weighted by molar-refractivity contribution is 0.669. The Balaban J connectivity index is 1.04. The molecule has 4 heterocycles. The van der Waals surface area contributed by atoms with Gasteiger partial charge in [-0.1, -0.05) is 115 Å². The van der Waals surface area contributed by atoms with Crippen molar-refractivity contribution in [2.45, 2.75) is 0 Å². The first kappa shape index (κ1) is 31.4. The van der Waals surface area contributed by atoms with E-state index in [4.69, 9.17) is 8.83 Å². The topological polar surface area (TPSA) is 36.1 Å². The Morgan fingerprint density at radius 3 is 1.62 bits per heavy atom. The zero-order valence-corrected chi connectivity index (χ0v) is 31.2. The largest absolute Gasteiger partial charge is 0.456 e. The van der Waals surface area contributed by atoms with E-state index in [1.54, 1.807) is 0 Å². The molecule has 0 aliphatic rings. The van der Waals surface area contributed by atoms with Crippen LogP contribution in [0.4, 0.5) is 0 Å². The first-order valence-corrected chi connectivity index (χ1v) is 19.7. The Labute approximate surface area is 332 Å². The summed E-state index contributed by atoms with van der Waals surface area (Å²) in [6, 6.07) is 69.5. The third-order valence-corrected chi connectivity index (χ3v) is 12.1. The second-order valence-corrected chi connectivity index (χ2v) is 15.3. The van der Waals surface area contributed by atoms with E-state index in [0.29, 0.717) is 0 Å². The van der Waals surface area contributed by atoms with Crippen LogP contribution < -0.4 is 0 Å². The van der Waals surface area contributed by atoms with Crippen molar-refractivity contribution in [2.75, 3.05) is 0 Å². The molecule has 13 aromatic rings. The summed E-state index contributed by atoms with van der Waals surface area (Å²) in [5.41, 5.74) is 15.0. The van der Waals surface area contributed by atoms with Crippen molar-refractivity contribution in [3.8, 4) is 33.6 Å².